The maximum absolute atomic E-state index is 12.5. The molecule has 0 aliphatic rings. The largest absolute Gasteiger partial charge is 0.416 e. The van der Waals surface area contributed by atoms with Gasteiger partial charge in [0.1, 0.15) is 0 Å². The smallest absolute Gasteiger partial charge is 0.341 e. The fourth-order valence-electron chi connectivity index (χ4n) is 1.37. The highest BCUT2D eigenvalue weighted by Crippen LogP contribution is 2.29. The second kappa shape index (κ2) is 5.54. The fraction of sp³-hybridized carbons (Fsp3) is 0.333. The van der Waals surface area contributed by atoms with Gasteiger partial charge in [-0.2, -0.15) is 18.4 Å². The lowest BCUT2D eigenvalue weighted by Crippen LogP contribution is -2.27. The van der Waals surface area contributed by atoms with Crippen LogP contribution in [0.25, 0.3) is 0 Å². The van der Waals surface area contributed by atoms with Gasteiger partial charge in [0.05, 0.1) is 18.1 Å². The zero-order valence-electron chi connectivity index (χ0n) is 9.66. The molecule has 0 N–H and O–H groups in total. The van der Waals surface area contributed by atoms with E-state index in [1.54, 1.807) is 0 Å². The van der Waals surface area contributed by atoms with Gasteiger partial charge < -0.3 is 4.90 Å². The van der Waals surface area contributed by atoms with Gasteiger partial charge in [-0.1, -0.05) is 6.07 Å². The first-order valence-electron chi connectivity index (χ1n) is 5.16. The molecule has 0 radical (unpaired) electrons. The number of rotatable bonds is 3. The number of nitrogens with zero attached hydrogens (tertiary/aromatic N) is 2. The molecule has 18 heavy (non-hydrogen) atoms. The van der Waals surface area contributed by atoms with Crippen LogP contribution in [0, 0.1) is 11.3 Å². The van der Waals surface area contributed by atoms with E-state index in [9.17, 15) is 18.0 Å². The third-order valence-electron chi connectivity index (χ3n) is 2.34. The Balaban J connectivity index is 2.91. The van der Waals surface area contributed by atoms with Crippen LogP contribution in [0.2, 0.25) is 0 Å². The number of amides is 1. The molecule has 0 bridgehead atoms. The Morgan fingerprint density at radius 1 is 1.44 bits per heavy atom. The van der Waals surface area contributed by atoms with Gasteiger partial charge in [-0.25, -0.2) is 0 Å². The van der Waals surface area contributed by atoms with E-state index < -0.39 is 17.6 Å². The molecule has 0 heterocycles. The third-order valence-corrected chi connectivity index (χ3v) is 2.34. The molecule has 0 saturated carbocycles. The van der Waals surface area contributed by atoms with Crippen LogP contribution in [-0.2, 0) is 6.18 Å². The van der Waals surface area contributed by atoms with Crippen molar-refractivity contribution in [2.24, 2.45) is 0 Å². The van der Waals surface area contributed by atoms with Crippen molar-refractivity contribution in [3.05, 3.63) is 35.4 Å². The molecule has 0 spiro atoms. The molecule has 1 amide bonds. The monoisotopic (exact) mass is 256 g/mol. The van der Waals surface area contributed by atoms with Gasteiger partial charge in [-0.3, -0.25) is 4.79 Å². The second-order valence-corrected chi connectivity index (χ2v) is 3.71. The molecule has 1 rings (SSSR count). The minimum Gasteiger partial charge on any atom is -0.341 e. The molecule has 0 aliphatic carbocycles. The van der Waals surface area contributed by atoms with Gasteiger partial charge in [0.2, 0.25) is 0 Å². The average Bonchev–Trinajstić information content (AvgIpc) is 2.34. The molecule has 0 atom stereocenters. The van der Waals surface area contributed by atoms with Crippen LogP contribution in [0.5, 0.6) is 0 Å². The molecule has 1 aromatic carbocycles. The number of carbonyl (C=O) groups is 1. The van der Waals surface area contributed by atoms with Gasteiger partial charge in [0, 0.05) is 19.2 Å². The molecule has 1 aromatic rings. The SMILES string of the molecule is CN(CCC#N)C(=O)c1cccc(C(F)(F)F)c1. The van der Waals surface area contributed by atoms with Crippen molar-refractivity contribution in [1.82, 2.24) is 4.90 Å². The van der Waals surface area contributed by atoms with Gasteiger partial charge in [0.25, 0.3) is 5.91 Å². The minimum atomic E-state index is -4.47. The summed E-state index contributed by atoms with van der Waals surface area (Å²) in [7, 11) is 1.44. The van der Waals surface area contributed by atoms with Gasteiger partial charge in [-0.15, -0.1) is 0 Å². The van der Waals surface area contributed by atoms with Crippen molar-refractivity contribution >= 4 is 5.91 Å². The van der Waals surface area contributed by atoms with Crippen LogP contribution >= 0.6 is 0 Å². The second-order valence-electron chi connectivity index (χ2n) is 3.71. The van der Waals surface area contributed by atoms with Gasteiger partial charge in [0.15, 0.2) is 0 Å². The van der Waals surface area contributed by atoms with Crippen LogP contribution in [0.15, 0.2) is 24.3 Å². The molecule has 96 valence electrons. The summed E-state index contributed by atoms with van der Waals surface area (Å²) >= 11 is 0. The van der Waals surface area contributed by atoms with Crippen LogP contribution in [0.3, 0.4) is 0 Å². The minimum absolute atomic E-state index is 0.0368. The standard InChI is InChI=1S/C12H11F3N2O/c1-17(7-3-6-16)11(18)9-4-2-5-10(8-9)12(13,14)15/h2,4-5,8H,3,7H2,1H3. The molecule has 0 aliphatic heterocycles. The fourth-order valence-corrected chi connectivity index (χ4v) is 1.37. The van der Waals surface area contributed by atoms with E-state index in [0.717, 1.165) is 12.1 Å². The molecule has 0 saturated heterocycles. The van der Waals surface area contributed by atoms with Crippen molar-refractivity contribution < 1.29 is 18.0 Å². The summed E-state index contributed by atoms with van der Waals surface area (Å²) in [5.41, 5.74) is -0.896. The molecular weight excluding hydrogens is 245 g/mol. The number of hydrogen-bond acceptors (Lipinski definition) is 2. The van der Waals surface area contributed by atoms with E-state index in [-0.39, 0.29) is 18.5 Å². The Hall–Kier alpha value is -2.03. The summed E-state index contributed by atoms with van der Waals surface area (Å²) in [6, 6.07) is 6.09. The number of nitriles is 1. The lowest BCUT2D eigenvalue weighted by molar-refractivity contribution is -0.137. The average molecular weight is 256 g/mol. The maximum Gasteiger partial charge on any atom is 0.416 e. The highest BCUT2D eigenvalue weighted by atomic mass is 19.4. The quantitative estimate of drug-likeness (QED) is 0.834. The van der Waals surface area contributed by atoms with Crippen molar-refractivity contribution in [3.8, 4) is 6.07 Å². The summed E-state index contributed by atoms with van der Waals surface area (Å²) < 4.78 is 37.4. The highest BCUT2D eigenvalue weighted by Gasteiger charge is 2.31. The lowest BCUT2D eigenvalue weighted by atomic mass is 10.1. The van der Waals surface area contributed by atoms with Crippen LogP contribution < -0.4 is 0 Å². The number of carbonyl (C=O) groups excluding carboxylic acids is 1. The zero-order valence-corrected chi connectivity index (χ0v) is 9.66. The zero-order chi connectivity index (χ0) is 13.8. The number of hydrogen-bond donors (Lipinski definition) is 0. The van der Waals surface area contributed by atoms with Crippen LogP contribution in [0.1, 0.15) is 22.3 Å². The predicted molar refractivity (Wildman–Crippen MR) is 58.6 cm³/mol. The van der Waals surface area contributed by atoms with E-state index in [4.69, 9.17) is 5.26 Å². The molecule has 0 fully saturated rings. The Kier molecular flexibility index (Phi) is 4.32. The molecule has 3 nitrogen and oxygen atoms in total. The summed E-state index contributed by atoms with van der Waals surface area (Å²) in [6.07, 6.45) is -4.33. The normalized spacial score (nSPS) is 10.8. The highest BCUT2D eigenvalue weighted by molar-refractivity contribution is 5.94. The van der Waals surface area contributed by atoms with Crippen LogP contribution in [0.4, 0.5) is 13.2 Å². The summed E-state index contributed by atoms with van der Waals surface area (Å²) in [5, 5.41) is 8.38. The van der Waals surface area contributed by atoms with Crippen molar-refractivity contribution in [2.75, 3.05) is 13.6 Å². The molecular formula is C12H11F3N2O. The topological polar surface area (TPSA) is 44.1 Å². The first kappa shape index (κ1) is 14.0. The summed E-state index contributed by atoms with van der Waals surface area (Å²) in [6.45, 7) is 0.186. The summed E-state index contributed by atoms with van der Waals surface area (Å²) in [5.74, 6) is -0.531. The van der Waals surface area contributed by atoms with E-state index in [1.165, 1.54) is 24.1 Å². The third kappa shape index (κ3) is 3.48. The van der Waals surface area contributed by atoms with E-state index in [1.807, 2.05) is 6.07 Å². The first-order valence-corrected chi connectivity index (χ1v) is 5.16. The maximum atomic E-state index is 12.5. The Labute approximate surface area is 102 Å². The number of halogens is 3. The number of alkyl halides is 3. The molecule has 0 aromatic heterocycles. The van der Waals surface area contributed by atoms with Gasteiger partial charge in [-0.05, 0) is 18.2 Å². The Bertz CT molecular complexity index is 477. The first-order chi connectivity index (χ1) is 8.36. The molecule has 0 unspecified atom stereocenters. The van der Waals surface area contributed by atoms with E-state index >= 15 is 0 Å². The van der Waals surface area contributed by atoms with Gasteiger partial charge >= 0.3 is 6.18 Å². The van der Waals surface area contributed by atoms with Crippen molar-refractivity contribution in [3.63, 3.8) is 0 Å². The van der Waals surface area contributed by atoms with E-state index in [2.05, 4.69) is 0 Å². The Morgan fingerprint density at radius 2 is 2.11 bits per heavy atom. The number of benzene rings is 1. The lowest BCUT2D eigenvalue weighted by Gasteiger charge is -2.16. The van der Waals surface area contributed by atoms with E-state index in [0.29, 0.717) is 0 Å². The summed E-state index contributed by atoms with van der Waals surface area (Å²) in [4.78, 5) is 13.0. The van der Waals surface area contributed by atoms with Crippen LogP contribution in [-0.4, -0.2) is 24.4 Å². The van der Waals surface area contributed by atoms with Crippen molar-refractivity contribution in [1.29, 1.82) is 5.26 Å². The molecule has 6 heteroatoms. The van der Waals surface area contributed by atoms with Crippen molar-refractivity contribution in [2.45, 2.75) is 12.6 Å². The predicted octanol–water partition coefficient (Wildman–Crippen LogP) is 2.69. The Morgan fingerprint density at radius 3 is 2.67 bits per heavy atom.